The Balaban J connectivity index is 1.76. The Labute approximate surface area is 127 Å². The first-order chi connectivity index (χ1) is 10.0. The molecular formula is C15H17N3O2S. The summed E-state index contributed by atoms with van der Waals surface area (Å²) in [5, 5.41) is 6.02. The second-order valence-electron chi connectivity index (χ2n) is 4.70. The van der Waals surface area contributed by atoms with Crippen molar-refractivity contribution < 1.29 is 9.59 Å². The van der Waals surface area contributed by atoms with E-state index < -0.39 is 0 Å². The third kappa shape index (κ3) is 4.68. The lowest BCUT2D eigenvalue weighted by atomic mass is 10.1. The van der Waals surface area contributed by atoms with Gasteiger partial charge in [0.15, 0.2) is 5.13 Å². The van der Waals surface area contributed by atoms with Gasteiger partial charge in [-0.15, -0.1) is 11.3 Å². The first-order valence-electron chi connectivity index (χ1n) is 6.62. The molecule has 2 aromatic rings. The highest BCUT2D eigenvalue weighted by atomic mass is 32.1. The van der Waals surface area contributed by atoms with Crippen LogP contribution in [0.25, 0.3) is 0 Å². The summed E-state index contributed by atoms with van der Waals surface area (Å²) in [5.74, 6) is -0.328. The quantitative estimate of drug-likeness (QED) is 0.891. The fourth-order valence-electron chi connectivity index (χ4n) is 1.77. The van der Waals surface area contributed by atoms with E-state index in [4.69, 9.17) is 0 Å². The Morgan fingerprint density at radius 3 is 2.76 bits per heavy atom. The van der Waals surface area contributed by atoms with E-state index in [1.807, 2.05) is 32.0 Å². The molecule has 1 aromatic heterocycles. The second kappa shape index (κ2) is 6.99. The lowest BCUT2D eigenvalue weighted by Crippen LogP contribution is -2.27. The lowest BCUT2D eigenvalue weighted by molar-refractivity contribution is -0.116. The SMILES string of the molecule is Cc1cccc(C(=O)NCCC(=O)Nc2ncc(C)s2)c1. The van der Waals surface area contributed by atoms with Crippen LogP contribution < -0.4 is 10.6 Å². The number of benzene rings is 1. The van der Waals surface area contributed by atoms with Crippen molar-refractivity contribution in [3.8, 4) is 0 Å². The third-order valence-corrected chi connectivity index (χ3v) is 3.61. The standard InChI is InChI=1S/C15H17N3O2S/c1-10-4-3-5-12(8-10)14(20)16-7-6-13(19)18-15-17-9-11(2)21-15/h3-5,8-9H,6-7H2,1-2H3,(H,16,20)(H,17,18,19). The number of nitrogens with one attached hydrogen (secondary N) is 2. The monoisotopic (exact) mass is 303 g/mol. The summed E-state index contributed by atoms with van der Waals surface area (Å²) in [7, 11) is 0. The van der Waals surface area contributed by atoms with Gasteiger partial charge >= 0.3 is 0 Å². The van der Waals surface area contributed by atoms with Crippen molar-refractivity contribution >= 4 is 28.3 Å². The van der Waals surface area contributed by atoms with Crippen LogP contribution in [0.2, 0.25) is 0 Å². The van der Waals surface area contributed by atoms with Crippen molar-refractivity contribution in [2.24, 2.45) is 0 Å². The number of hydrogen-bond acceptors (Lipinski definition) is 4. The van der Waals surface area contributed by atoms with E-state index in [9.17, 15) is 9.59 Å². The van der Waals surface area contributed by atoms with E-state index in [1.54, 1.807) is 12.3 Å². The zero-order chi connectivity index (χ0) is 15.2. The molecule has 2 rings (SSSR count). The van der Waals surface area contributed by atoms with E-state index in [1.165, 1.54) is 11.3 Å². The van der Waals surface area contributed by atoms with Gasteiger partial charge in [-0.1, -0.05) is 17.7 Å². The molecule has 0 aliphatic carbocycles. The number of carbonyl (C=O) groups is 2. The van der Waals surface area contributed by atoms with E-state index in [-0.39, 0.29) is 18.2 Å². The van der Waals surface area contributed by atoms with Crippen LogP contribution >= 0.6 is 11.3 Å². The minimum absolute atomic E-state index is 0.158. The van der Waals surface area contributed by atoms with Crippen molar-refractivity contribution in [1.29, 1.82) is 0 Å². The van der Waals surface area contributed by atoms with E-state index in [2.05, 4.69) is 15.6 Å². The van der Waals surface area contributed by atoms with Crippen LogP contribution in [-0.4, -0.2) is 23.3 Å². The Kier molecular flexibility index (Phi) is 5.05. The molecule has 0 radical (unpaired) electrons. The van der Waals surface area contributed by atoms with Gasteiger partial charge in [-0.25, -0.2) is 4.98 Å². The molecule has 1 heterocycles. The summed E-state index contributed by atoms with van der Waals surface area (Å²) in [5.41, 5.74) is 1.63. The van der Waals surface area contributed by atoms with Gasteiger partial charge in [0.2, 0.25) is 5.91 Å². The van der Waals surface area contributed by atoms with Crippen LogP contribution in [-0.2, 0) is 4.79 Å². The van der Waals surface area contributed by atoms with Crippen molar-refractivity contribution in [2.75, 3.05) is 11.9 Å². The number of amides is 2. The molecule has 0 unspecified atom stereocenters. The molecule has 0 aliphatic heterocycles. The number of anilines is 1. The molecule has 6 heteroatoms. The molecule has 2 amide bonds. The summed E-state index contributed by atoms with van der Waals surface area (Å²) in [6, 6.07) is 7.33. The Bertz CT molecular complexity index is 652. The average molecular weight is 303 g/mol. The molecular weight excluding hydrogens is 286 g/mol. The number of aromatic nitrogens is 1. The maximum atomic E-state index is 11.9. The number of hydrogen-bond donors (Lipinski definition) is 2. The van der Waals surface area contributed by atoms with E-state index in [0.717, 1.165) is 10.4 Å². The Morgan fingerprint density at radius 1 is 1.29 bits per heavy atom. The van der Waals surface area contributed by atoms with Crippen LogP contribution in [0, 0.1) is 13.8 Å². The third-order valence-electron chi connectivity index (χ3n) is 2.79. The molecule has 2 N–H and O–H groups in total. The molecule has 110 valence electrons. The first-order valence-corrected chi connectivity index (χ1v) is 7.43. The summed E-state index contributed by atoms with van der Waals surface area (Å²) in [4.78, 5) is 28.7. The van der Waals surface area contributed by atoms with Gasteiger partial charge in [0.1, 0.15) is 0 Å². The predicted octanol–water partition coefficient (Wildman–Crippen LogP) is 2.52. The van der Waals surface area contributed by atoms with Gasteiger partial charge in [0.25, 0.3) is 5.91 Å². The summed E-state index contributed by atoms with van der Waals surface area (Å²) >= 11 is 1.42. The lowest BCUT2D eigenvalue weighted by Gasteiger charge is -2.05. The van der Waals surface area contributed by atoms with Crippen molar-refractivity contribution in [3.63, 3.8) is 0 Å². The molecule has 0 fully saturated rings. The second-order valence-corrected chi connectivity index (χ2v) is 5.93. The molecule has 0 aliphatic rings. The van der Waals surface area contributed by atoms with Gasteiger partial charge in [0.05, 0.1) is 0 Å². The van der Waals surface area contributed by atoms with Crippen LogP contribution in [0.15, 0.2) is 30.5 Å². The molecule has 0 bridgehead atoms. The van der Waals surface area contributed by atoms with Crippen LogP contribution in [0.3, 0.4) is 0 Å². The summed E-state index contributed by atoms with van der Waals surface area (Å²) < 4.78 is 0. The highest BCUT2D eigenvalue weighted by molar-refractivity contribution is 7.15. The summed E-state index contributed by atoms with van der Waals surface area (Å²) in [6.45, 7) is 4.15. The minimum Gasteiger partial charge on any atom is -0.352 e. The number of carbonyl (C=O) groups excluding carboxylic acids is 2. The number of thiazole rings is 1. The minimum atomic E-state index is -0.170. The Hall–Kier alpha value is -2.21. The van der Waals surface area contributed by atoms with Gasteiger partial charge in [0, 0.05) is 29.6 Å². The highest BCUT2D eigenvalue weighted by Crippen LogP contribution is 2.16. The largest absolute Gasteiger partial charge is 0.352 e. The molecule has 0 saturated carbocycles. The maximum absolute atomic E-state index is 11.9. The van der Waals surface area contributed by atoms with Gasteiger partial charge in [-0.05, 0) is 26.0 Å². The highest BCUT2D eigenvalue weighted by Gasteiger charge is 2.08. The molecule has 0 saturated heterocycles. The number of rotatable bonds is 5. The maximum Gasteiger partial charge on any atom is 0.251 e. The molecule has 1 aromatic carbocycles. The molecule has 5 nitrogen and oxygen atoms in total. The zero-order valence-corrected chi connectivity index (χ0v) is 12.8. The van der Waals surface area contributed by atoms with E-state index >= 15 is 0 Å². The molecule has 0 spiro atoms. The fraction of sp³-hybridized carbons (Fsp3) is 0.267. The van der Waals surface area contributed by atoms with Crippen LogP contribution in [0.4, 0.5) is 5.13 Å². The van der Waals surface area contributed by atoms with Crippen molar-refractivity contribution in [1.82, 2.24) is 10.3 Å². The van der Waals surface area contributed by atoms with Gasteiger partial charge in [-0.3, -0.25) is 9.59 Å². The van der Waals surface area contributed by atoms with Gasteiger partial charge < -0.3 is 10.6 Å². The zero-order valence-electron chi connectivity index (χ0n) is 12.0. The predicted molar refractivity (Wildman–Crippen MR) is 83.6 cm³/mol. The van der Waals surface area contributed by atoms with E-state index in [0.29, 0.717) is 17.2 Å². The van der Waals surface area contributed by atoms with Crippen molar-refractivity contribution in [3.05, 3.63) is 46.5 Å². The smallest absolute Gasteiger partial charge is 0.251 e. The normalized spacial score (nSPS) is 10.2. The number of aryl methyl sites for hydroxylation is 2. The fourth-order valence-corrected chi connectivity index (χ4v) is 2.45. The van der Waals surface area contributed by atoms with Gasteiger partial charge in [-0.2, -0.15) is 0 Å². The van der Waals surface area contributed by atoms with Crippen molar-refractivity contribution in [2.45, 2.75) is 20.3 Å². The first kappa shape index (κ1) is 15.2. The van der Waals surface area contributed by atoms with Crippen LogP contribution in [0.5, 0.6) is 0 Å². The molecule has 0 atom stereocenters. The molecule has 21 heavy (non-hydrogen) atoms. The topological polar surface area (TPSA) is 71.1 Å². The summed E-state index contributed by atoms with van der Waals surface area (Å²) in [6.07, 6.45) is 1.93. The van der Waals surface area contributed by atoms with Crippen LogP contribution in [0.1, 0.15) is 27.2 Å². The Morgan fingerprint density at radius 2 is 2.10 bits per heavy atom. The average Bonchev–Trinajstić information content (AvgIpc) is 2.84. The number of nitrogens with zero attached hydrogens (tertiary/aromatic N) is 1.